The molecule has 1 aromatic rings. The molecule has 0 spiro atoms. The molecular weight excluding hydrogens is 355 g/mol. The van der Waals surface area contributed by atoms with E-state index in [9.17, 15) is 0 Å². The number of hydrogen-bond donors (Lipinski definition) is 0. The van der Waals surface area contributed by atoms with Gasteiger partial charge in [-0.15, -0.1) is 11.6 Å². The molecule has 3 unspecified atom stereocenters. The molecule has 0 amide bonds. The summed E-state index contributed by atoms with van der Waals surface area (Å²) < 4.78 is 1.03. The van der Waals surface area contributed by atoms with E-state index in [-0.39, 0.29) is 5.38 Å². The summed E-state index contributed by atoms with van der Waals surface area (Å²) in [7, 11) is 0. The lowest BCUT2D eigenvalue weighted by Crippen LogP contribution is -2.33. The predicted octanol–water partition coefficient (Wildman–Crippen LogP) is 6.71. The van der Waals surface area contributed by atoms with Crippen molar-refractivity contribution in [3.05, 3.63) is 33.3 Å². The van der Waals surface area contributed by atoms with E-state index in [1.165, 1.54) is 18.4 Å². The highest BCUT2D eigenvalue weighted by molar-refractivity contribution is 9.10. The third-order valence-electron chi connectivity index (χ3n) is 4.61. The van der Waals surface area contributed by atoms with Crippen LogP contribution in [0.5, 0.6) is 0 Å². The Bertz CT molecular complexity index is 465. The van der Waals surface area contributed by atoms with Gasteiger partial charge in [-0.1, -0.05) is 54.4 Å². The summed E-state index contributed by atoms with van der Waals surface area (Å²) >= 11 is 16.4. The summed E-state index contributed by atoms with van der Waals surface area (Å²) in [5.41, 5.74) is 1.60. The van der Waals surface area contributed by atoms with Crippen molar-refractivity contribution < 1.29 is 0 Å². The lowest BCUT2D eigenvalue weighted by molar-refractivity contribution is 0.144. The molecule has 1 fully saturated rings. The summed E-state index contributed by atoms with van der Waals surface area (Å²) in [6.07, 6.45) is 4.58. The van der Waals surface area contributed by atoms with Gasteiger partial charge in [0.1, 0.15) is 0 Å². The van der Waals surface area contributed by atoms with Gasteiger partial charge < -0.3 is 0 Å². The minimum absolute atomic E-state index is 0.285. The molecule has 1 aliphatic carbocycles. The first-order chi connectivity index (χ1) is 9.27. The lowest BCUT2D eigenvalue weighted by Gasteiger charge is -2.40. The molecule has 0 aliphatic heterocycles. The van der Waals surface area contributed by atoms with E-state index in [1.54, 1.807) is 0 Å². The Labute approximate surface area is 141 Å². The van der Waals surface area contributed by atoms with E-state index in [0.717, 1.165) is 28.3 Å². The van der Waals surface area contributed by atoms with Crippen molar-refractivity contribution in [2.24, 2.45) is 17.3 Å². The third kappa shape index (κ3) is 4.15. The van der Waals surface area contributed by atoms with Crippen LogP contribution in [0.25, 0.3) is 0 Å². The van der Waals surface area contributed by atoms with Gasteiger partial charge >= 0.3 is 0 Å². The fourth-order valence-electron chi connectivity index (χ4n) is 3.19. The van der Waals surface area contributed by atoms with Gasteiger partial charge in [-0.3, -0.25) is 0 Å². The molecule has 0 heterocycles. The first kappa shape index (κ1) is 16.6. The first-order valence-corrected chi connectivity index (χ1v) is 8.96. The summed E-state index contributed by atoms with van der Waals surface area (Å²) in [5.74, 6) is 1.30. The Balaban J connectivity index is 2.10. The van der Waals surface area contributed by atoms with E-state index in [0.29, 0.717) is 11.3 Å². The Kier molecular flexibility index (Phi) is 5.48. The van der Waals surface area contributed by atoms with Gasteiger partial charge in [0.15, 0.2) is 0 Å². The van der Waals surface area contributed by atoms with Crippen molar-refractivity contribution in [1.29, 1.82) is 0 Å². The van der Waals surface area contributed by atoms with Gasteiger partial charge in [0.2, 0.25) is 0 Å². The van der Waals surface area contributed by atoms with Crippen LogP contribution < -0.4 is 0 Å². The second-order valence-electron chi connectivity index (χ2n) is 7.09. The van der Waals surface area contributed by atoms with Crippen molar-refractivity contribution in [2.75, 3.05) is 0 Å². The van der Waals surface area contributed by atoms with E-state index in [1.807, 2.05) is 6.07 Å². The third-order valence-corrected chi connectivity index (χ3v) is 6.03. The molecule has 0 bridgehead atoms. The summed E-state index contributed by atoms with van der Waals surface area (Å²) in [6.45, 7) is 7.03. The normalized spacial score (nSPS) is 27.6. The first-order valence-electron chi connectivity index (χ1n) is 7.35. The maximum absolute atomic E-state index is 6.58. The number of alkyl halides is 1. The number of hydrogen-bond acceptors (Lipinski definition) is 0. The predicted molar refractivity (Wildman–Crippen MR) is 92.8 cm³/mol. The molecule has 3 atom stereocenters. The second kappa shape index (κ2) is 6.58. The minimum atomic E-state index is 0.285. The molecule has 1 saturated carbocycles. The van der Waals surface area contributed by atoms with Gasteiger partial charge in [0.05, 0.1) is 0 Å². The molecule has 1 aliphatic rings. The molecule has 0 aromatic heterocycles. The van der Waals surface area contributed by atoms with E-state index in [4.69, 9.17) is 23.2 Å². The molecule has 3 heteroatoms. The molecule has 2 rings (SSSR count). The lowest BCUT2D eigenvalue weighted by atomic mass is 9.68. The highest BCUT2D eigenvalue weighted by atomic mass is 79.9. The zero-order valence-corrected chi connectivity index (χ0v) is 15.5. The van der Waals surface area contributed by atoms with Gasteiger partial charge in [-0.05, 0) is 60.6 Å². The molecule has 0 saturated heterocycles. The van der Waals surface area contributed by atoms with E-state index < -0.39 is 0 Å². The van der Waals surface area contributed by atoms with Crippen LogP contribution in [0, 0.1) is 17.3 Å². The molecule has 112 valence electrons. The van der Waals surface area contributed by atoms with Crippen molar-refractivity contribution in [3.63, 3.8) is 0 Å². The summed E-state index contributed by atoms with van der Waals surface area (Å²) in [5, 5.41) is 1.13. The van der Waals surface area contributed by atoms with E-state index in [2.05, 4.69) is 48.8 Å². The number of rotatable bonds is 2. The maximum Gasteiger partial charge on any atom is 0.0449 e. The highest BCUT2D eigenvalue weighted by Gasteiger charge is 2.35. The van der Waals surface area contributed by atoms with Crippen molar-refractivity contribution in [1.82, 2.24) is 0 Å². The average Bonchev–Trinajstić information content (AvgIpc) is 2.33. The highest BCUT2D eigenvalue weighted by Crippen LogP contribution is 2.43. The van der Waals surface area contributed by atoms with Gasteiger partial charge in [-0.25, -0.2) is 0 Å². The van der Waals surface area contributed by atoms with Gasteiger partial charge in [-0.2, -0.15) is 0 Å². The topological polar surface area (TPSA) is 0 Å². The van der Waals surface area contributed by atoms with E-state index >= 15 is 0 Å². The minimum Gasteiger partial charge on any atom is -0.123 e. The van der Waals surface area contributed by atoms with Gasteiger partial charge in [0, 0.05) is 14.9 Å². The fourth-order valence-corrected chi connectivity index (χ4v) is 4.26. The van der Waals surface area contributed by atoms with Crippen LogP contribution in [0.2, 0.25) is 5.02 Å². The standard InChI is InChI=1S/C17H23BrCl2/c1-17(2,3)13-5-7-15(19)12(9-13)8-11-4-6-14(18)10-16(11)20/h4,6,10,12-13,15H,5,7-9H2,1-3H3. The van der Waals surface area contributed by atoms with Crippen LogP contribution in [0.15, 0.2) is 22.7 Å². The van der Waals surface area contributed by atoms with Gasteiger partial charge in [0.25, 0.3) is 0 Å². The Morgan fingerprint density at radius 1 is 1.25 bits per heavy atom. The quantitative estimate of drug-likeness (QED) is 0.502. The van der Waals surface area contributed by atoms with Crippen molar-refractivity contribution >= 4 is 39.1 Å². The average molecular weight is 378 g/mol. The fraction of sp³-hybridized carbons (Fsp3) is 0.647. The number of halogens is 3. The summed E-state index contributed by atoms with van der Waals surface area (Å²) in [4.78, 5) is 0. The van der Waals surface area contributed by atoms with Crippen LogP contribution in [-0.4, -0.2) is 5.38 Å². The van der Waals surface area contributed by atoms with Crippen molar-refractivity contribution in [2.45, 2.75) is 51.8 Å². The largest absolute Gasteiger partial charge is 0.123 e. The van der Waals surface area contributed by atoms with Crippen LogP contribution in [0.4, 0.5) is 0 Å². The van der Waals surface area contributed by atoms with Crippen LogP contribution in [0.1, 0.15) is 45.6 Å². The van der Waals surface area contributed by atoms with Crippen LogP contribution >= 0.6 is 39.1 Å². The SMILES string of the molecule is CC(C)(C)C1CCC(Cl)C(Cc2ccc(Br)cc2Cl)C1. The maximum atomic E-state index is 6.58. The second-order valence-corrected chi connectivity index (χ2v) is 8.98. The van der Waals surface area contributed by atoms with Crippen LogP contribution in [-0.2, 0) is 6.42 Å². The molecule has 20 heavy (non-hydrogen) atoms. The number of benzene rings is 1. The Morgan fingerprint density at radius 2 is 1.95 bits per heavy atom. The molecular formula is C17H23BrCl2. The Hall–Kier alpha value is 0.280. The molecule has 1 aromatic carbocycles. The monoisotopic (exact) mass is 376 g/mol. The molecule has 0 nitrogen and oxygen atoms in total. The van der Waals surface area contributed by atoms with Crippen LogP contribution in [0.3, 0.4) is 0 Å². The summed E-state index contributed by atoms with van der Waals surface area (Å²) in [6, 6.07) is 6.16. The zero-order chi connectivity index (χ0) is 14.9. The molecule has 0 radical (unpaired) electrons. The molecule has 0 N–H and O–H groups in total. The van der Waals surface area contributed by atoms with Crippen molar-refractivity contribution in [3.8, 4) is 0 Å². The zero-order valence-electron chi connectivity index (χ0n) is 12.4. The smallest absolute Gasteiger partial charge is 0.0449 e. The Morgan fingerprint density at radius 3 is 2.55 bits per heavy atom.